The molecule has 2 nitrogen and oxygen atoms in total. The zero-order valence-electron chi connectivity index (χ0n) is 10.0. The maximum absolute atomic E-state index is 12.7. The van der Waals surface area contributed by atoms with Crippen LogP contribution in [0.2, 0.25) is 0 Å². The number of piperidine rings is 1. The van der Waals surface area contributed by atoms with Gasteiger partial charge in [0, 0.05) is 12.6 Å². The third kappa shape index (κ3) is 3.79. The van der Waals surface area contributed by atoms with Crippen LogP contribution in [0.25, 0.3) is 0 Å². The molecule has 1 heterocycles. The highest BCUT2D eigenvalue weighted by atomic mass is 19.1. The number of halogens is 1. The first-order chi connectivity index (χ1) is 8.28. The number of aliphatic hydroxyl groups is 1. The fraction of sp³-hybridized carbons (Fsp3) is 0.571. The molecule has 0 saturated carbocycles. The van der Waals surface area contributed by atoms with Crippen molar-refractivity contribution < 1.29 is 9.50 Å². The summed E-state index contributed by atoms with van der Waals surface area (Å²) in [5.74, 6) is 0.277. The van der Waals surface area contributed by atoms with E-state index in [1.54, 1.807) is 0 Å². The van der Waals surface area contributed by atoms with Crippen molar-refractivity contribution in [3.8, 4) is 0 Å². The van der Waals surface area contributed by atoms with Crippen molar-refractivity contribution in [1.82, 2.24) is 5.32 Å². The van der Waals surface area contributed by atoms with E-state index in [-0.39, 0.29) is 5.82 Å². The first kappa shape index (κ1) is 12.5. The summed E-state index contributed by atoms with van der Waals surface area (Å²) in [5, 5.41) is 12.6. The van der Waals surface area contributed by atoms with Crippen molar-refractivity contribution in [3.05, 3.63) is 35.6 Å². The highest BCUT2D eigenvalue weighted by Crippen LogP contribution is 2.19. The van der Waals surface area contributed by atoms with Crippen LogP contribution in [0.4, 0.5) is 4.39 Å². The molecule has 94 valence electrons. The number of hydrogen-bond donors (Lipinski definition) is 2. The fourth-order valence-corrected chi connectivity index (χ4v) is 2.47. The summed E-state index contributed by atoms with van der Waals surface area (Å²) in [7, 11) is 0. The molecular formula is C14H20FNO. The summed E-state index contributed by atoms with van der Waals surface area (Å²) in [6.07, 6.45) is 4.15. The largest absolute Gasteiger partial charge is 0.396 e. The highest BCUT2D eigenvalue weighted by Gasteiger charge is 2.20. The van der Waals surface area contributed by atoms with Crippen molar-refractivity contribution in [2.75, 3.05) is 13.2 Å². The zero-order chi connectivity index (χ0) is 12.1. The van der Waals surface area contributed by atoms with Crippen LogP contribution in [0.1, 0.15) is 24.8 Å². The first-order valence-electron chi connectivity index (χ1n) is 6.36. The lowest BCUT2D eigenvalue weighted by atomic mass is 9.90. The Kier molecular flexibility index (Phi) is 4.51. The van der Waals surface area contributed by atoms with E-state index >= 15 is 0 Å². The molecule has 0 radical (unpaired) electrons. The second-order valence-electron chi connectivity index (χ2n) is 4.89. The number of aliphatic hydroxyl groups excluding tert-OH is 1. The Morgan fingerprint density at radius 1 is 1.29 bits per heavy atom. The molecule has 1 aromatic rings. The Balaban J connectivity index is 1.79. The molecular weight excluding hydrogens is 217 g/mol. The summed E-state index contributed by atoms with van der Waals surface area (Å²) in [4.78, 5) is 0. The smallest absolute Gasteiger partial charge is 0.123 e. The Morgan fingerprint density at radius 3 is 2.76 bits per heavy atom. The average Bonchev–Trinajstić information content (AvgIpc) is 2.38. The lowest BCUT2D eigenvalue weighted by Gasteiger charge is -2.29. The molecule has 2 N–H and O–H groups in total. The van der Waals surface area contributed by atoms with Gasteiger partial charge < -0.3 is 10.4 Å². The van der Waals surface area contributed by atoms with Crippen molar-refractivity contribution in [3.63, 3.8) is 0 Å². The number of hydrogen-bond acceptors (Lipinski definition) is 2. The predicted molar refractivity (Wildman–Crippen MR) is 66.3 cm³/mol. The van der Waals surface area contributed by atoms with Gasteiger partial charge in [-0.15, -0.1) is 0 Å². The maximum Gasteiger partial charge on any atom is 0.123 e. The minimum absolute atomic E-state index is 0.176. The Bertz CT molecular complexity index is 339. The molecule has 0 aromatic heterocycles. The van der Waals surface area contributed by atoms with Gasteiger partial charge in [0.15, 0.2) is 0 Å². The van der Waals surface area contributed by atoms with Crippen molar-refractivity contribution in [2.45, 2.75) is 31.7 Å². The van der Waals surface area contributed by atoms with Crippen LogP contribution in [-0.4, -0.2) is 24.3 Å². The second-order valence-corrected chi connectivity index (χ2v) is 4.89. The zero-order valence-corrected chi connectivity index (χ0v) is 10.0. The van der Waals surface area contributed by atoms with Crippen LogP contribution in [0.5, 0.6) is 0 Å². The van der Waals surface area contributed by atoms with E-state index in [0.717, 1.165) is 32.2 Å². The molecule has 1 aliphatic rings. The summed E-state index contributed by atoms with van der Waals surface area (Å²) in [5.41, 5.74) is 1.18. The maximum atomic E-state index is 12.7. The molecule has 0 bridgehead atoms. The van der Waals surface area contributed by atoms with E-state index in [9.17, 15) is 4.39 Å². The molecule has 0 amide bonds. The first-order valence-corrected chi connectivity index (χ1v) is 6.36. The fourth-order valence-electron chi connectivity index (χ4n) is 2.47. The molecule has 1 fully saturated rings. The van der Waals surface area contributed by atoms with E-state index in [1.165, 1.54) is 17.7 Å². The Morgan fingerprint density at radius 2 is 2.06 bits per heavy atom. The van der Waals surface area contributed by atoms with Crippen LogP contribution in [0, 0.1) is 11.7 Å². The predicted octanol–water partition coefficient (Wildman–Crippen LogP) is 2.12. The van der Waals surface area contributed by atoms with Gasteiger partial charge in [0.1, 0.15) is 5.82 Å². The quantitative estimate of drug-likeness (QED) is 0.840. The van der Waals surface area contributed by atoms with Gasteiger partial charge in [-0.05, 0) is 55.8 Å². The molecule has 1 aliphatic heterocycles. The van der Waals surface area contributed by atoms with E-state index in [0.29, 0.717) is 18.6 Å². The van der Waals surface area contributed by atoms with Gasteiger partial charge in [0.2, 0.25) is 0 Å². The van der Waals surface area contributed by atoms with Gasteiger partial charge >= 0.3 is 0 Å². The van der Waals surface area contributed by atoms with Gasteiger partial charge in [0.05, 0.1) is 0 Å². The van der Waals surface area contributed by atoms with Crippen LogP contribution in [0.3, 0.4) is 0 Å². The number of benzene rings is 1. The topological polar surface area (TPSA) is 32.3 Å². The third-order valence-corrected chi connectivity index (χ3v) is 3.56. The van der Waals surface area contributed by atoms with Crippen molar-refractivity contribution >= 4 is 0 Å². The molecule has 1 saturated heterocycles. The van der Waals surface area contributed by atoms with Crippen molar-refractivity contribution in [2.24, 2.45) is 5.92 Å². The average molecular weight is 237 g/mol. The highest BCUT2D eigenvalue weighted by molar-refractivity contribution is 5.16. The molecule has 2 unspecified atom stereocenters. The van der Waals surface area contributed by atoms with Gasteiger partial charge in [-0.2, -0.15) is 0 Å². The summed E-state index contributed by atoms with van der Waals surface area (Å²) in [6, 6.07) is 7.22. The molecule has 1 aromatic carbocycles. The summed E-state index contributed by atoms with van der Waals surface area (Å²) in [6.45, 7) is 1.30. The molecule has 3 heteroatoms. The van der Waals surface area contributed by atoms with Crippen LogP contribution < -0.4 is 5.32 Å². The molecule has 17 heavy (non-hydrogen) atoms. The Labute approximate surface area is 102 Å². The molecule has 2 rings (SSSR count). The second kappa shape index (κ2) is 6.12. The van der Waals surface area contributed by atoms with E-state index in [4.69, 9.17) is 5.11 Å². The lowest BCUT2D eigenvalue weighted by molar-refractivity contribution is 0.173. The molecule has 0 spiro atoms. The van der Waals surface area contributed by atoms with Crippen LogP contribution in [0.15, 0.2) is 24.3 Å². The Hall–Kier alpha value is -0.930. The van der Waals surface area contributed by atoms with Crippen molar-refractivity contribution in [1.29, 1.82) is 0 Å². The standard InChI is InChI=1S/C14H20FNO/c15-13-4-1-11(2-5-13)3-6-14-9-12(10-17)7-8-16-14/h1-2,4-5,12,14,16-17H,3,6-10H2. The summed E-state index contributed by atoms with van der Waals surface area (Å²) < 4.78 is 12.7. The van der Waals surface area contributed by atoms with E-state index < -0.39 is 0 Å². The summed E-state index contributed by atoms with van der Waals surface area (Å²) >= 11 is 0. The monoisotopic (exact) mass is 237 g/mol. The lowest BCUT2D eigenvalue weighted by Crippen LogP contribution is -2.39. The number of nitrogens with one attached hydrogen (secondary N) is 1. The minimum Gasteiger partial charge on any atom is -0.396 e. The van der Waals surface area contributed by atoms with Gasteiger partial charge in [-0.3, -0.25) is 0 Å². The van der Waals surface area contributed by atoms with Crippen LogP contribution in [-0.2, 0) is 6.42 Å². The SMILES string of the molecule is OCC1CCNC(CCc2ccc(F)cc2)C1. The van der Waals surface area contributed by atoms with E-state index in [2.05, 4.69) is 5.32 Å². The van der Waals surface area contributed by atoms with E-state index in [1.807, 2.05) is 12.1 Å². The molecule has 0 aliphatic carbocycles. The third-order valence-electron chi connectivity index (χ3n) is 3.56. The van der Waals surface area contributed by atoms with Gasteiger partial charge in [-0.1, -0.05) is 12.1 Å². The number of aryl methyl sites for hydroxylation is 1. The van der Waals surface area contributed by atoms with Gasteiger partial charge in [-0.25, -0.2) is 4.39 Å². The minimum atomic E-state index is -0.176. The van der Waals surface area contributed by atoms with Gasteiger partial charge in [0.25, 0.3) is 0 Å². The molecule has 2 atom stereocenters. The van der Waals surface area contributed by atoms with Crippen LogP contribution >= 0.6 is 0 Å². The number of rotatable bonds is 4. The normalized spacial score (nSPS) is 24.8.